The first-order valence-electron chi connectivity index (χ1n) is 5.67. The molecular formula is C11H14N4O3. The third kappa shape index (κ3) is 2.39. The zero-order chi connectivity index (χ0) is 13.1. The Morgan fingerprint density at radius 2 is 2.33 bits per heavy atom. The molecule has 0 fully saturated rings. The van der Waals surface area contributed by atoms with E-state index in [9.17, 15) is 9.90 Å². The predicted molar refractivity (Wildman–Crippen MR) is 62.4 cm³/mol. The highest BCUT2D eigenvalue weighted by molar-refractivity contribution is 5.90. The van der Waals surface area contributed by atoms with E-state index in [0.29, 0.717) is 5.82 Å². The fraction of sp³-hybridized carbons (Fsp3) is 0.455. The van der Waals surface area contributed by atoms with Crippen molar-refractivity contribution in [3.05, 3.63) is 23.2 Å². The van der Waals surface area contributed by atoms with Gasteiger partial charge in [-0.1, -0.05) is 6.92 Å². The van der Waals surface area contributed by atoms with E-state index >= 15 is 0 Å². The highest BCUT2D eigenvalue weighted by Gasteiger charge is 2.24. The minimum absolute atomic E-state index is 0.142. The van der Waals surface area contributed by atoms with Crippen molar-refractivity contribution in [1.29, 1.82) is 0 Å². The Bertz CT molecular complexity index is 530. The summed E-state index contributed by atoms with van der Waals surface area (Å²) in [6.07, 6.45) is 0.970. The first kappa shape index (κ1) is 12.3. The molecule has 0 aliphatic carbocycles. The molecule has 1 aromatic rings. The molecule has 0 amide bonds. The van der Waals surface area contributed by atoms with Crippen LogP contribution in [0.4, 0.5) is 5.82 Å². The van der Waals surface area contributed by atoms with E-state index in [1.165, 1.54) is 0 Å². The molecule has 0 aromatic carbocycles. The third-order valence-corrected chi connectivity index (χ3v) is 2.46. The van der Waals surface area contributed by atoms with Crippen LogP contribution in [-0.2, 0) is 16.1 Å². The van der Waals surface area contributed by atoms with Gasteiger partial charge in [0.05, 0.1) is 0 Å². The lowest BCUT2D eigenvalue weighted by Crippen LogP contribution is -2.00. The average Bonchev–Trinajstić information content (AvgIpc) is 2.83. The van der Waals surface area contributed by atoms with E-state index in [-0.39, 0.29) is 18.1 Å². The second-order valence-corrected chi connectivity index (χ2v) is 3.94. The largest absolute Gasteiger partial charge is 0.506 e. The van der Waals surface area contributed by atoms with Gasteiger partial charge in [-0.05, 0) is 13.3 Å². The maximum atomic E-state index is 11.2. The Morgan fingerprint density at radius 1 is 1.56 bits per heavy atom. The summed E-state index contributed by atoms with van der Waals surface area (Å²) in [6.45, 7) is 4.63. The summed E-state index contributed by atoms with van der Waals surface area (Å²) in [6, 6.07) is 1.76. The SMILES string of the molecule is CCCn1nc(N=NC2=C(O)COC2=O)cc1C. The lowest BCUT2D eigenvalue weighted by atomic mass is 10.4. The molecule has 1 aliphatic rings. The van der Waals surface area contributed by atoms with E-state index in [1.54, 1.807) is 6.07 Å². The van der Waals surface area contributed by atoms with Crippen molar-refractivity contribution in [3.8, 4) is 0 Å². The van der Waals surface area contributed by atoms with Crippen LogP contribution in [0.3, 0.4) is 0 Å². The smallest absolute Gasteiger partial charge is 0.362 e. The van der Waals surface area contributed by atoms with E-state index in [1.807, 2.05) is 11.6 Å². The summed E-state index contributed by atoms with van der Waals surface area (Å²) in [5, 5.41) is 21.0. The number of hydrogen-bond acceptors (Lipinski definition) is 6. The van der Waals surface area contributed by atoms with Gasteiger partial charge in [-0.2, -0.15) is 5.10 Å². The van der Waals surface area contributed by atoms with E-state index in [0.717, 1.165) is 18.7 Å². The Kier molecular flexibility index (Phi) is 3.40. The predicted octanol–water partition coefficient (Wildman–Crippen LogP) is 2.01. The molecule has 0 bridgehead atoms. The average molecular weight is 250 g/mol. The van der Waals surface area contributed by atoms with Crippen LogP contribution in [0, 0.1) is 6.92 Å². The van der Waals surface area contributed by atoms with Crippen LogP contribution in [-0.4, -0.2) is 27.5 Å². The van der Waals surface area contributed by atoms with E-state index < -0.39 is 5.97 Å². The minimum atomic E-state index is -0.666. The molecule has 0 atom stereocenters. The highest BCUT2D eigenvalue weighted by atomic mass is 16.5. The molecule has 1 aromatic heterocycles. The maximum absolute atomic E-state index is 11.2. The Balaban J connectivity index is 2.17. The first-order valence-corrected chi connectivity index (χ1v) is 5.67. The molecule has 1 N–H and O–H groups in total. The highest BCUT2D eigenvalue weighted by Crippen LogP contribution is 2.19. The number of nitrogens with zero attached hydrogens (tertiary/aromatic N) is 4. The Morgan fingerprint density at radius 3 is 2.94 bits per heavy atom. The molecule has 2 heterocycles. The summed E-state index contributed by atoms with van der Waals surface area (Å²) in [7, 11) is 0. The number of aromatic nitrogens is 2. The summed E-state index contributed by atoms with van der Waals surface area (Å²) < 4.78 is 6.41. The number of aliphatic hydroxyl groups excluding tert-OH is 1. The van der Waals surface area contributed by atoms with Crippen molar-refractivity contribution < 1.29 is 14.6 Å². The molecule has 1 aliphatic heterocycles. The van der Waals surface area contributed by atoms with Gasteiger partial charge in [0.1, 0.15) is 0 Å². The topological polar surface area (TPSA) is 89.1 Å². The summed E-state index contributed by atoms with van der Waals surface area (Å²) in [5.41, 5.74) is 0.815. The molecule has 0 saturated heterocycles. The van der Waals surface area contributed by atoms with Crippen LogP contribution < -0.4 is 0 Å². The van der Waals surface area contributed by atoms with Gasteiger partial charge in [0, 0.05) is 18.3 Å². The number of esters is 1. The van der Waals surface area contributed by atoms with Crippen LogP contribution in [0.25, 0.3) is 0 Å². The van der Waals surface area contributed by atoms with Gasteiger partial charge >= 0.3 is 5.97 Å². The monoisotopic (exact) mass is 250 g/mol. The van der Waals surface area contributed by atoms with Gasteiger partial charge < -0.3 is 9.84 Å². The van der Waals surface area contributed by atoms with Crippen LogP contribution in [0.1, 0.15) is 19.0 Å². The number of rotatable bonds is 4. The molecule has 0 radical (unpaired) electrons. The quantitative estimate of drug-likeness (QED) is 0.653. The lowest BCUT2D eigenvalue weighted by molar-refractivity contribution is -0.136. The Hall–Kier alpha value is -2.18. The second kappa shape index (κ2) is 4.99. The number of cyclic esters (lactones) is 1. The molecule has 7 heteroatoms. The molecule has 18 heavy (non-hydrogen) atoms. The van der Waals surface area contributed by atoms with Crippen molar-refractivity contribution in [2.75, 3.05) is 6.61 Å². The van der Waals surface area contributed by atoms with Gasteiger partial charge in [0.25, 0.3) is 0 Å². The molecule has 7 nitrogen and oxygen atoms in total. The maximum Gasteiger partial charge on any atom is 0.362 e. The van der Waals surface area contributed by atoms with Gasteiger partial charge in [-0.25, -0.2) is 4.79 Å². The summed E-state index contributed by atoms with van der Waals surface area (Å²) in [5.74, 6) is -0.463. The van der Waals surface area contributed by atoms with Crippen molar-refractivity contribution >= 4 is 11.8 Å². The summed E-state index contributed by atoms with van der Waals surface area (Å²) in [4.78, 5) is 11.2. The van der Waals surface area contributed by atoms with E-state index in [4.69, 9.17) is 0 Å². The van der Waals surface area contributed by atoms with E-state index in [2.05, 4.69) is 27.0 Å². The van der Waals surface area contributed by atoms with Gasteiger partial charge in [0.2, 0.25) is 5.70 Å². The van der Waals surface area contributed by atoms with Crippen molar-refractivity contribution in [2.45, 2.75) is 26.8 Å². The number of carbonyl (C=O) groups is 1. The van der Waals surface area contributed by atoms with Crippen LogP contribution in [0.2, 0.25) is 0 Å². The van der Waals surface area contributed by atoms with Gasteiger partial charge in [-0.15, -0.1) is 10.2 Å². The minimum Gasteiger partial charge on any atom is -0.506 e. The second-order valence-electron chi connectivity index (χ2n) is 3.94. The number of aryl methyl sites for hydroxylation is 2. The van der Waals surface area contributed by atoms with Gasteiger partial charge in [-0.3, -0.25) is 4.68 Å². The lowest BCUT2D eigenvalue weighted by Gasteiger charge is -1.98. The zero-order valence-corrected chi connectivity index (χ0v) is 10.3. The molecule has 0 spiro atoms. The number of aliphatic hydroxyl groups is 1. The molecule has 2 rings (SSSR count). The standard InChI is InChI=1S/C11H14N4O3/c1-3-4-15-7(2)5-9(14-15)12-13-10-8(16)6-18-11(10)17/h5,16H,3-4,6H2,1-2H3. The molecule has 0 unspecified atom stereocenters. The van der Waals surface area contributed by atoms with Crippen molar-refractivity contribution in [1.82, 2.24) is 9.78 Å². The summed E-state index contributed by atoms with van der Waals surface area (Å²) >= 11 is 0. The van der Waals surface area contributed by atoms with Gasteiger partial charge in [0.15, 0.2) is 18.2 Å². The number of azo groups is 1. The van der Waals surface area contributed by atoms with Crippen LogP contribution in [0.5, 0.6) is 0 Å². The molecular weight excluding hydrogens is 236 g/mol. The molecule has 96 valence electrons. The fourth-order valence-corrected chi connectivity index (χ4v) is 1.57. The normalized spacial score (nSPS) is 15.8. The number of hydrogen-bond donors (Lipinski definition) is 1. The molecule has 0 saturated carbocycles. The zero-order valence-electron chi connectivity index (χ0n) is 10.3. The first-order chi connectivity index (χ1) is 8.61. The van der Waals surface area contributed by atoms with Crippen LogP contribution >= 0.6 is 0 Å². The number of carbonyl (C=O) groups excluding carboxylic acids is 1. The fourth-order valence-electron chi connectivity index (χ4n) is 1.57. The number of ether oxygens (including phenoxy) is 1. The van der Waals surface area contributed by atoms with Crippen molar-refractivity contribution in [2.24, 2.45) is 10.2 Å². The van der Waals surface area contributed by atoms with Crippen LogP contribution in [0.15, 0.2) is 27.8 Å². The third-order valence-electron chi connectivity index (χ3n) is 2.46. The van der Waals surface area contributed by atoms with Crippen molar-refractivity contribution in [3.63, 3.8) is 0 Å². The Labute approximate surface area is 104 Å².